The third-order valence-corrected chi connectivity index (χ3v) is 3.41. The Labute approximate surface area is 126 Å². The van der Waals surface area contributed by atoms with Crippen LogP contribution >= 0.6 is 0 Å². The number of imidazole rings is 1. The minimum absolute atomic E-state index is 0.111. The van der Waals surface area contributed by atoms with Crippen molar-refractivity contribution < 1.29 is 9.18 Å². The Morgan fingerprint density at radius 1 is 1.41 bits per heavy atom. The zero-order chi connectivity index (χ0) is 15.4. The summed E-state index contributed by atoms with van der Waals surface area (Å²) in [6.07, 6.45) is 6.33. The lowest BCUT2D eigenvalue weighted by atomic mass is 10.1. The predicted molar refractivity (Wildman–Crippen MR) is 79.6 cm³/mol. The molecular formula is C15H16FN5O. The van der Waals surface area contributed by atoms with E-state index in [0.29, 0.717) is 23.1 Å². The van der Waals surface area contributed by atoms with Crippen molar-refractivity contribution in [2.24, 2.45) is 0 Å². The number of benzene rings is 1. The van der Waals surface area contributed by atoms with Gasteiger partial charge in [0.15, 0.2) is 0 Å². The summed E-state index contributed by atoms with van der Waals surface area (Å²) in [5.41, 5.74) is 1.28. The van der Waals surface area contributed by atoms with Crippen LogP contribution in [0.1, 0.15) is 12.1 Å². The van der Waals surface area contributed by atoms with Gasteiger partial charge < -0.3 is 9.88 Å². The van der Waals surface area contributed by atoms with Crippen molar-refractivity contribution in [3.05, 3.63) is 48.4 Å². The zero-order valence-electron chi connectivity index (χ0n) is 11.9. The number of carbonyl (C=O) groups excluding carboxylic acids is 1. The highest BCUT2D eigenvalue weighted by molar-refractivity contribution is 5.87. The number of carbonyl (C=O) groups is 1. The quantitative estimate of drug-likeness (QED) is 0.680. The average molecular weight is 301 g/mol. The molecule has 2 aromatic heterocycles. The smallest absolute Gasteiger partial charge is 0.226 e. The van der Waals surface area contributed by atoms with Crippen LogP contribution in [0.25, 0.3) is 10.9 Å². The summed E-state index contributed by atoms with van der Waals surface area (Å²) in [5, 5.41) is 10.4. The van der Waals surface area contributed by atoms with Gasteiger partial charge in [-0.15, -0.1) is 0 Å². The first kappa shape index (κ1) is 14.2. The second-order valence-corrected chi connectivity index (χ2v) is 5.04. The molecule has 0 saturated carbocycles. The SMILES string of the molecule is O=C(Cc1[nH]nc2ccc(F)cc12)NCCCn1ccnc1. The third-order valence-electron chi connectivity index (χ3n) is 3.41. The lowest BCUT2D eigenvalue weighted by Crippen LogP contribution is -2.27. The summed E-state index contributed by atoms with van der Waals surface area (Å²) >= 11 is 0. The molecule has 6 nitrogen and oxygen atoms in total. The first-order chi connectivity index (χ1) is 10.7. The van der Waals surface area contributed by atoms with E-state index in [0.717, 1.165) is 13.0 Å². The van der Waals surface area contributed by atoms with Gasteiger partial charge in [-0.25, -0.2) is 9.37 Å². The molecule has 0 spiro atoms. The van der Waals surface area contributed by atoms with Crippen LogP contribution in [-0.2, 0) is 17.8 Å². The fourth-order valence-electron chi connectivity index (χ4n) is 2.30. The van der Waals surface area contributed by atoms with Crippen LogP contribution in [0.3, 0.4) is 0 Å². The highest BCUT2D eigenvalue weighted by Gasteiger charge is 2.10. The number of hydrogen-bond donors (Lipinski definition) is 2. The van der Waals surface area contributed by atoms with Crippen LogP contribution in [0.15, 0.2) is 36.9 Å². The Balaban J connectivity index is 1.51. The van der Waals surface area contributed by atoms with E-state index in [9.17, 15) is 9.18 Å². The van der Waals surface area contributed by atoms with Crippen LogP contribution < -0.4 is 5.32 Å². The Morgan fingerprint density at radius 2 is 2.32 bits per heavy atom. The molecule has 1 amide bonds. The molecule has 0 atom stereocenters. The standard InChI is InChI=1S/C15H16FN5O/c16-11-2-3-13-12(8-11)14(20-19-13)9-15(22)18-4-1-6-21-7-5-17-10-21/h2-3,5,7-8,10H,1,4,6,9H2,(H,18,22)(H,19,20). The highest BCUT2D eigenvalue weighted by atomic mass is 19.1. The van der Waals surface area contributed by atoms with Gasteiger partial charge in [-0.1, -0.05) is 0 Å². The zero-order valence-corrected chi connectivity index (χ0v) is 11.9. The van der Waals surface area contributed by atoms with Crippen LogP contribution in [-0.4, -0.2) is 32.2 Å². The maximum atomic E-state index is 13.3. The van der Waals surface area contributed by atoms with Crippen LogP contribution in [0, 0.1) is 5.82 Å². The molecule has 0 unspecified atom stereocenters. The van der Waals surface area contributed by atoms with Gasteiger partial charge in [0.05, 0.1) is 24.0 Å². The normalized spacial score (nSPS) is 11.0. The maximum absolute atomic E-state index is 13.3. The van der Waals surface area contributed by atoms with E-state index in [4.69, 9.17) is 0 Å². The number of halogens is 1. The monoisotopic (exact) mass is 301 g/mol. The minimum atomic E-state index is -0.337. The molecule has 3 aromatic rings. The molecule has 0 radical (unpaired) electrons. The summed E-state index contributed by atoms with van der Waals surface area (Å²) in [6.45, 7) is 1.38. The number of aryl methyl sites for hydroxylation is 1. The van der Waals surface area contributed by atoms with Crippen molar-refractivity contribution in [3.63, 3.8) is 0 Å². The van der Waals surface area contributed by atoms with Crippen molar-refractivity contribution in [3.8, 4) is 0 Å². The Kier molecular flexibility index (Phi) is 4.13. The Bertz CT molecular complexity index is 765. The molecule has 0 aliphatic carbocycles. The molecule has 22 heavy (non-hydrogen) atoms. The van der Waals surface area contributed by atoms with Gasteiger partial charge in [-0.3, -0.25) is 9.89 Å². The number of aromatic nitrogens is 4. The number of aromatic amines is 1. The summed E-state index contributed by atoms with van der Waals surface area (Å²) < 4.78 is 15.2. The number of nitrogens with one attached hydrogen (secondary N) is 2. The van der Waals surface area contributed by atoms with Crippen molar-refractivity contribution in [2.75, 3.05) is 6.54 Å². The second kappa shape index (κ2) is 6.38. The fraction of sp³-hybridized carbons (Fsp3) is 0.267. The van der Waals surface area contributed by atoms with Gasteiger partial charge in [0.1, 0.15) is 5.82 Å². The fourth-order valence-corrected chi connectivity index (χ4v) is 2.30. The average Bonchev–Trinajstić information content (AvgIpc) is 3.14. The summed E-state index contributed by atoms with van der Waals surface area (Å²) in [4.78, 5) is 15.9. The van der Waals surface area contributed by atoms with Crippen molar-refractivity contribution >= 4 is 16.8 Å². The topological polar surface area (TPSA) is 75.6 Å². The van der Waals surface area contributed by atoms with E-state index >= 15 is 0 Å². The summed E-state index contributed by atoms with van der Waals surface area (Å²) in [6, 6.07) is 4.33. The molecule has 0 bridgehead atoms. The van der Waals surface area contributed by atoms with Crippen molar-refractivity contribution in [2.45, 2.75) is 19.4 Å². The van der Waals surface area contributed by atoms with Gasteiger partial charge in [-0.2, -0.15) is 5.10 Å². The number of hydrogen-bond acceptors (Lipinski definition) is 3. The molecule has 0 saturated heterocycles. The minimum Gasteiger partial charge on any atom is -0.356 e. The summed E-state index contributed by atoms with van der Waals surface area (Å²) in [7, 11) is 0. The lowest BCUT2D eigenvalue weighted by Gasteiger charge is -2.05. The van der Waals surface area contributed by atoms with E-state index in [1.54, 1.807) is 18.6 Å². The third kappa shape index (κ3) is 3.30. The van der Waals surface area contributed by atoms with Crippen molar-refractivity contribution in [1.29, 1.82) is 0 Å². The summed E-state index contributed by atoms with van der Waals surface area (Å²) in [5.74, 6) is -0.448. The number of rotatable bonds is 6. The van der Waals surface area contributed by atoms with Gasteiger partial charge >= 0.3 is 0 Å². The molecule has 2 N–H and O–H groups in total. The number of H-pyrrole nitrogens is 1. The number of nitrogens with zero attached hydrogens (tertiary/aromatic N) is 3. The number of fused-ring (bicyclic) bond motifs is 1. The first-order valence-electron chi connectivity index (χ1n) is 7.07. The van der Waals surface area contributed by atoms with E-state index in [1.807, 2.05) is 10.8 Å². The molecule has 114 valence electrons. The lowest BCUT2D eigenvalue weighted by molar-refractivity contribution is -0.120. The van der Waals surface area contributed by atoms with E-state index in [-0.39, 0.29) is 18.1 Å². The van der Waals surface area contributed by atoms with E-state index in [1.165, 1.54) is 12.1 Å². The highest BCUT2D eigenvalue weighted by Crippen LogP contribution is 2.17. The van der Waals surface area contributed by atoms with E-state index < -0.39 is 0 Å². The molecule has 0 aliphatic heterocycles. The van der Waals surface area contributed by atoms with Crippen molar-refractivity contribution in [1.82, 2.24) is 25.1 Å². The Hall–Kier alpha value is -2.70. The van der Waals surface area contributed by atoms with Gasteiger partial charge in [0, 0.05) is 30.9 Å². The van der Waals surface area contributed by atoms with Crippen LogP contribution in [0.2, 0.25) is 0 Å². The van der Waals surface area contributed by atoms with Crippen LogP contribution in [0.5, 0.6) is 0 Å². The van der Waals surface area contributed by atoms with Gasteiger partial charge in [0.2, 0.25) is 5.91 Å². The van der Waals surface area contributed by atoms with Gasteiger partial charge in [0.25, 0.3) is 0 Å². The number of amides is 1. The molecule has 7 heteroatoms. The molecular weight excluding hydrogens is 285 g/mol. The Morgan fingerprint density at radius 3 is 3.14 bits per heavy atom. The van der Waals surface area contributed by atoms with Crippen LogP contribution in [0.4, 0.5) is 4.39 Å². The largest absolute Gasteiger partial charge is 0.356 e. The first-order valence-corrected chi connectivity index (χ1v) is 7.07. The molecule has 1 aromatic carbocycles. The predicted octanol–water partition coefficient (Wildman–Crippen LogP) is 1.65. The molecule has 0 aliphatic rings. The molecule has 2 heterocycles. The van der Waals surface area contributed by atoms with Gasteiger partial charge in [-0.05, 0) is 24.6 Å². The molecule has 3 rings (SSSR count). The second-order valence-electron chi connectivity index (χ2n) is 5.04. The maximum Gasteiger partial charge on any atom is 0.226 e. The molecule has 0 fully saturated rings. The van der Waals surface area contributed by atoms with E-state index in [2.05, 4.69) is 20.5 Å².